The van der Waals surface area contributed by atoms with Crippen molar-refractivity contribution in [2.75, 3.05) is 0 Å². The van der Waals surface area contributed by atoms with Crippen molar-refractivity contribution in [3.63, 3.8) is 0 Å². The van der Waals surface area contributed by atoms with Crippen molar-refractivity contribution in [3.05, 3.63) is 53.7 Å². The lowest BCUT2D eigenvalue weighted by Crippen LogP contribution is -2.28. The van der Waals surface area contributed by atoms with Crippen LogP contribution in [0.15, 0.2) is 34.1 Å². The van der Waals surface area contributed by atoms with E-state index in [4.69, 9.17) is 5.84 Å². The van der Waals surface area contributed by atoms with Gasteiger partial charge in [-0.1, -0.05) is 12.1 Å². The zero-order valence-electron chi connectivity index (χ0n) is 9.91. The highest BCUT2D eigenvalue weighted by Crippen LogP contribution is 2.32. The van der Waals surface area contributed by atoms with Crippen LogP contribution in [0.25, 0.3) is 0 Å². The first kappa shape index (κ1) is 14.5. The maximum absolute atomic E-state index is 5.68. The number of halogens is 2. The summed E-state index contributed by atoms with van der Waals surface area (Å²) in [6, 6.07) is 10.9. The van der Waals surface area contributed by atoms with E-state index in [9.17, 15) is 0 Å². The summed E-state index contributed by atoms with van der Waals surface area (Å²) in [6.45, 7) is 2.10. The molecule has 0 saturated carbocycles. The van der Waals surface area contributed by atoms with E-state index in [0.717, 1.165) is 6.42 Å². The molecule has 0 fully saturated rings. The number of hydrogen-bond acceptors (Lipinski definition) is 3. The molecule has 0 spiro atoms. The lowest BCUT2D eigenvalue weighted by molar-refractivity contribution is 0.560. The molecule has 0 aliphatic carbocycles. The Labute approximate surface area is 133 Å². The van der Waals surface area contributed by atoms with Crippen LogP contribution in [0.4, 0.5) is 0 Å². The van der Waals surface area contributed by atoms with Crippen molar-refractivity contribution < 1.29 is 0 Å². The first-order valence-corrected chi connectivity index (χ1v) is 8.25. The Balaban J connectivity index is 2.16. The lowest BCUT2D eigenvalue weighted by atomic mass is 10.1. The molecule has 96 valence electrons. The summed E-state index contributed by atoms with van der Waals surface area (Å²) in [5, 5.41) is 0. The Bertz CT molecular complexity index is 505. The molecule has 0 saturated heterocycles. The molecule has 0 bridgehead atoms. The topological polar surface area (TPSA) is 38.0 Å². The van der Waals surface area contributed by atoms with Gasteiger partial charge in [-0.05, 0) is 81.2 Å². The highest BCUT2D eigenvalue weighted by molar-refractivity contribution is 14.1. The van der Waals surface area contributed by atoms with Gasteiger partial charge in [-0.15, -0.1) is 11.3 Å². The molecule has 1 aromatic carbocycles. The van der Waals surface area contributed by atoms with E-state index in [1.54, 1.807) is 11.3 Å². The maximum atomic E-state index is 5.68. The van der Waals surface area contributed by atoms with Crippen LogP contribution in [0, 0.1) is 10.5 Å². The van der Waals surface area contributed by atoms with E-state index >= 15 is 0 Å². The fourth-order valence-electron chi connectivity index (χ4n) is 1.75. The number of hydrazine groups is 1. The molecule has 0 aliphatic rings. The van der Waals surface area contributed by atoms with Crippen molar-refractivity contribution in [1.29, 1.82) is 0 Å². The molecule has 3 N–H and O–H groups in total. The molecule has 2 nitrogen and oxygen atoms in total. The molecule has 18 heavy (non-hydrogen) atoms. The predicted molar refractivity (Wildman–Crippen MR) is 89.7 cm³/mol. The molecule has 0 amide bonds. The van der Waals surface area contributed by atoms with Gasteiger partial charge in [-0.3, -0.25) is 11.3 Å². The van der Waals surface area contributed by atoms with Crippen molar-refractivity contribution in [2.24, 2.45) is 5.84 Å². The summed E-state index contributed by atoms with van der Waals surface area (Å²) in [7, 11) is 0. The standard InChI is InChI=1S/C13H14BrIN2S/c1-8-6-12(18-13(8)14)11(17-16)7-9-2-4-10(15)5-3-9/h2-6,11,17H,7,16H2,1H3. The van der Waals surface area contributed by atoms with E-state index in [-0.39, 0.29) is 6.04 Å². The van der Waals surface area contributed by atoms with Crippen LogP contribution in [-0.2, 0) is 6.42 Å². The predicted octanol–water partition coefficient (Wildman–Crippen LogP) is 4.17. The van der Waals surface area contributed by atoms with Gasteiger partial charge in [0, 0.05) is 8.45 Å². The normalized spacial score (nSPS) is 12.7. The summed E-state index contributed by atoms with van der Waals surface area (Å²) in [5.41, 5.74) is 5.46. The van der Waals surface area contributed by atoms with E-state index in [0.29, 0.717) is 0 Å². The number of aryl methyl sites for hydroxylation is 1. The minimum atomic E-state index is 0.167. The summed E-state index contributed by atoms with van der Waals surface area (Å²) < 4.78 is 2.43. The van der Waals surface area contributed by atoms with Gasteiger partial charge in [-0.25, -0.2) is 0 Å². The van der Waals surface area contributed by atoms with Gasteiger partial charge in [0.05, 0.1) is 9.83 Å². The van der Waals surface area contributed by atoms with E-state index in [1.807, 2.05) is 0 Å². The average Bonchev–Trinajstić information content (AvgIpc) is 2.69. The van der Waals surface area contributed by atoms with Gasteiger partial charge in [-0.2, -0.15) is 0 Å². The first-order valence-electron chi connectivity index (χ1n) is 5.56. The third-order valence-electron chi connectivity index (χ3n) is 2.77. The molecule has 1 aromatic heterocycles. The smallest absolute Gasteiger partial charge is 0.0731 e. The molecule has 5 heteroatoms. The third-order valence-corrected chi connectivity index (χ3v) is 5.74. The SMILES string of the molecule is Cc1cc(C(Cc2ccc(I)cc2)NN)sc1Br. The van der Waals surface area contributed by atoms with Crippen LogP contribution >= 0.6 is 49.9 Å². The molecule has 0 radical (unpaired) electrons. The van der Waals surface area contributed by atoms with Crippen molar-refractivity contribution in [3.8, 4) is 0 Å². The van der Waals surface area contributed by atoms with Crippen molar-refractivity contribution in [2.45, 2.75) is 19.4 Å². The Morgan fingerprint density at radius 1 is 1.39 bits per heavy atom. The Morgan fingerprint density at radius 2 is 2.06 bits per heavy atom. The number of benzene rings is 1. The highest BCUT2D eigenvalue weighted by atomic mass is 127. The molecule has 1 atom stereocenters. The number of nitrogens with one attached hydrogen (secondary N) is 1. The maximum Gasteiger partial charge on any atom is 0.0731 e. The van der Waals surface area contributed by atoms with Gasteiger partial charge in [0.2, 0.25) is 0 Å². The van der Waals surface area contributed by atoms with Crippen LogP contribution in [0.2, 0.25) is 0 Å². The quantitative estimate of drug-likeness (QED) is 0.428. The fraction of sp³-hybridized carbons (Fsp3) is 0.231. The average molecular weight is 437 g/mol. The zero-order valence-corrected chi connectivity index (χ0v) is 14.5. The van der Waals surface area contributed by atoms with Gasteiger partial charge < -0.3 is 0 Å². The van der Waals surface area contributed by atoms with Gasteiger partial charge in [0.1, 0.15) is 0 Å². The molecule has 2 aromatic rings. The van der Waals surface area contributed by atoms with Crippen LogP contribution < -0.4 is 11.3 Å². The largest absolute Gasteiger partial charge is 0.271 e. The zero-order chi connectivity index (χ0) is 13.1. The minimum Gasteiger partial charge on any atom is -0.271 e. The molecule has 2 rings (SSSR count). The van der Waals surface area contributed by atoms with Gasteiger partial charge in [0.25, 0.3) is 0 Å². The molecule has 0 aliphatic heterocycles. The summed E-state index contributed by atoms with van der Waals surface area (Å²) in [4.78, 5) is 1.26. The number of rotatable bonds is 4. The van der Waals surface area contributed by atoms with Crippen LogP contribution in [0.3, 0.4) is 0 Å². The lowest BCUT2D eigenvalue weighted by Gasteiger charge is -2.14. The number of nitrogens with two attached hydrogens (primary N) is 1. The second-order valence-corrected chi connectivity index (χ2v) is 7.80. The van der Waals surface area contributed by atoms with Crippen LogP contribution in [0.5, 0.6) is 0 Å². The Morgan fingerprint density at radius 3 is 2.56 bits per heavy atom. The van der Waals surface area contributed by atoms with Gasteiger partial charge in [0.15, 0.2) is 0 Å². The van der Waals surface area contributed by atoms with Crippen LogP contribution in [-0.4, -0.2) is 0 Å². The van der Waals surface area contributed by atoms with Crippen molar-refractivity contribution in [1.82, 2.24) is 5.43 Å². The molecular weight excluding hydrogens is 423 g/mol. The molecule has 1 heterocycles. The minimum absolute atomic E-state index is 0.167. The number of hydrogen-bond donors (Lipinski definition) is 2. The second-order valence-electron chi connectivity index (χ2n) is 4.16. The monoisotopic (exact) mass is 436 g/mol. The third kappa shape index (κ3) is 3.54. The molecular formula is C13H14BrIN2S. The summed E-state index contributed by atoms with van der Waals surface area (Å²) >= 11 is 7.61. The van der Waals surface area contributed by atoms with Gasteiger partial charge >= 0.3 is 0 Å². The molecule has 1 unspecified atom stereocenters. The van der Waals surface area contributed by atoms with E-state index in [2.05, 4.69) is 81.2 Å². The van der Waals surface area contributed by atoms with Crippen LogP contribution in [0.1, 0.15) is 22.0 Å². The first-order chi connectivity index (χ1) is 8.60. The second kappa shape index (κ2) is 6.47. The Kier molecular flexibility index (Phi) is 5.20. The number of thiophene rings is 1. The van der Waals surface area contributed by atoms with Crippen molar-refractivity contribution >= 4 is 49.9 Å². The summed E-state index contributed by atoms with van der Waals surface area (Å²) in [5.74, 6) is 5.68. The van der Waals surface area contributed by atoms with E-state index < -0.39 is 0 Å². The highest BCUT2D eigenvalue weighted by Gasteiger charge is 2.14. The fourth-order valence-corrected chi connectivity index (χ4v) is 3.74. The Hall–Kier alpha value is 0.0500. The van der Waals surface area contributed by atoms with E-state index in [1.165, 1.54) is 23.4 Å². The summed E-state index contributed by atoms with van der Waals surface area (Å²) in [6.07, 6.45) is 0.903.